The molecule has 2 rings (SSSR count). The summed E-state index contributed by atoms with van der Waals surface area (Å²) in [5.74, 6) is -0.159. The van der Waals surface area contributed by atoms with Crippen molar-refractivity contribution in [3.8, 4) is 0 Å². The van der Waals surface area contributed by atoms with Gasteiger partial charge in [-0.1, -0.05) is 43.3 Å². The van der Waals surface area contributed by atoms with Crippen LogP contribution in [0.25, 0.3) is 0 Å². The molecule has 0 bridgehead atoms. The highest BCUT2D eigenvalue weighted by Gasteiger charge is 2.12. The van der Waals surface area contributed by atoms with Gasteiger partial charge < -0.3 is 10.2 Å². The van der Waals surface area contributed by atoms with Crippen LogP contribution in [0.5, 0.6) is 0 Å². The van der Waals surface area contributed by atoms with Gasteiger partial charge in [-0.3, -0.25) is 14.5 Å². The first-order valence-electron chi connectivity index (χ1n) is 8.87. The van der Waals surface area contributed by atoms with Crippen molar-refractivity contribution in [1.29, 1.82) is 0 Å². The predicted molar refractivity (Wildman–Crippen MR) is 105 cm³/mol. The molecule has 0 saturated carbocycles. The fourth-order valence-electron chi connectivity index (χ4n) is 2.67. The molecule has 0 aliphatic rings. The number of nitrogens with zero attached hydrogens (tertiary/aromatic N) is 2. The summed E-state index contributed by atoms with van der Waals surface area (Å²) >= 11 is 0. The van der Waals surface area contributed by atoms with Gasteiger partial charge in [-0.05, 0) is 36.7 Å². The maximum Gasteiger partial charge on any atom is 0.253 e. The van der Waals surface area contributed by atoms with Gasteiger partial charge in [0.05, 0.1) is 6.54 Å². The van der Waals surface area contributed by atoms with Crippen LogP contribution in [-0.2, 0) is 11.2 Å². The van der Waals surface area contributed by atoms with Gasteiger partial charge >= 0.3 is 0 Å². The summed E-state index contributed by atoms with van der Waals surface area (Å²) in [6.45, 7) is 4.01. The van der Waals surface area contributed by atoms with Gasteiger partial charge in [0, 0.05) is 31.9 Å². The van der Waals surface area contributed by atoms with Crippen LogP contribution in [0.2, 0.25) is 0 Å². The van der Waals surface area contributed by atoms with Crippen molar-refractivity contribution in [2.75, 3.05) is 39.0 Å². The molecule has 0 saturated heterocycles. The summed E-state index contributed by atoms with van der Waals surface area (Å²) in [6, 6.07) is 17.3. The molecule has 2 aromatic rings. The van der Waals surface area contributed by atoms with Crippen molar-refractivity contribution in [3.05, 3.63) is 65.7 Å². The highest BCUT2D eigenvalue weighted by atomic mass is 16.2. The summed E-state index contributed by atoms with van der Waals surface area (Å²) < 4.78 is 0. The Balaban J connectivity index is 1.90. The summed E-state index contributed by atoms with van der Waals surface area (Å²) in [7, 11) is 3.42. The molecule has 2 amide bonds. The number of hydrogen-bond acceptors (Lipinski definition) is 3. The second kappa shape index (κ2) is 9.73. The average molecular weight is 353 g/mol. The van der Waals surface area contributed by atoms with Crippen LogP contribution in [0, 0.1) is 0 Å². The smallest absolute Gasteiger partial charge is 0.253 e. The minimum atomic E-state index is -0.0841. The van der Waals surface area contributed by atoms with Crippen molar-refractivity contribution >= 4 is 17.5 Å². The third kappa shape index (κ3) is 6.01. The molecule has 26 heavy (non-hydrogen) atoms. The summed E-state index contributed by atoms with van der Waals surface area (Å²) in [6.07, 6.45) is 0.911. The fraction of sp³-hybridized carbons (Fsp3) is 0.333. The average Bonchev–Trinajstić information content (AvgIpc) is 2.65. The second-order valence-corrected chi connectivity index (χ2v) is 6.43. The van der Waals surface area contributed by atoms with Gasteiger partial charge in [-0.15, -0.1) is 0 Å². The van der Waals surface area contributed by atoms with E-state index in [1.165, 1.54) is 10.5 Å². The van der Waals surface area contributed by atoms with Crippen LogP contribution in [0.3, 0.4) is 0 Å². The largest absolute Gasteiger partial charge is 0.345 e. The molecule has 0 spiro atoms. The maximum absolute atomic E-state index is 12.4. The molecule has 0 heterocycles. The van der Waals surface area contributed by atoms with Gasteiger partial charge in [0.2, 0.25) is 5.91 Å². The Kier molecular flexibility index (Phi) is 7.36. The third-order valence-electron chi connectivity index (χ3n) is 4.17. The van der Waals surface area contributed by atoms with Crippen LogP contribution >= 0.6 is 0 Å². The first kappa shape index (κ1) is 19.7. The van der Waals surface area contributed by atoms with Gasteiger partial charge in [0.1, 0.15) is 0 Å². The first-order valence-corrected chi connectivity index (χ1v) is 8.87. The topological polar surface area (TPSA) is 52.7 Å². The lowest BCUT2D eigenvalue weighted by molar-refractivity contribution is -0.117. The minimum Gasteiger partial charge on any atom is -0.345 e. The molecule has 0 atom stereocenters. The zero-order valence-electron chi connectivity index (χ0n) is 15.7. The molecule has 2 aromatic carbocycles. The lowest BCUT2D eigenvalue weighted by Gasteiger charge is -2.20. The number of carbonyl (C=O) groups excluding carboxylic acids is 2. The Morgan fingerprint density at radius 2 is 1.73 bits per heavy atom. The molecule has 138 valence electrons. The Hall–Kier alpha value is -2.66. The van der Waals surface area contributed by atoms with Crippen molar-refractivity contribution in [2.45, 2.75) is 13.3 Å². The number of hydrogen-bond donors (Lipinski definition) is 1. The number of likely N-dealkylation sites (N-methyl/N-ethyl adjacent to an activating group) is 1. The fourth-order valence-corrected chi connectivity index (χ4v) is 2.67. The Morgan fingerprint density at radius 3 is 2.38 bits per heavy atom. The quantitative estimate of drug-likeness (QED) is 0.794. The summed E-state index contributed by atoms with van der Waals surface area (Å²) in [5.41, 5.74) is 2.47. The van der Waals surface area contributed by atoms with E-state index in [0.717, 1.165) is 19.5 Å². The number of rotatable bonds is 8. The van der Waals surface area contributed by atoms with E-state index in [0.29, 0.717) is 17.8 Å². The van der Waals surface area contributed by atoms with Gasteiger partial charge in [-0.2, -0.15) is 0 Å². The molecular weight excluding hydrogens is 326 g/mol. The number of carbonyl (C=O) groups is 2. The van der Waals surface area contributed by atoms with Crippen molar-refractivity contribution in [1.82, 2.24) is 9.80 Å². The molecule has 0 aromatic heterocycles. The zero-order chi connectivity index (χ0) is 18.9. The first-order chi connectivity index (χ1) is 12.5. The molecule has 0 aliphatic carbocycles. The van der Waals surface area contributed by atoms with E-state index >= 15 is 0 Å². The summed E-state index contributed by atoms with van der Waals surface area (Å²) in [5, 5.41) is 2.89. The highest BCUT2D eigenvalue weighted by Crippen LogP contribution is 2.12. The third-order valence-corrected chi connectivity index (χ3v) is 4.17. The maximum atomic E-state index is 12.4. The van der Waals surface area contributed by atoms with Gasteiger partial charge in [-0.25, -0.2) is 0 Å². The van der Waals surface area contributed by atoms with E-state index in [-0.39, 0.29) is 11.8 Å². The van der Waals surface area contributed by atoms with Crippen LogP contribution in [-0.4, -0.2) is 55.3 Å². The van der Waals surface area contributed by atoms with E-state index in [9.17, 15) is 9.59 Å². The Labute approximate surface area is 155 Å². The Morgan fingerprint density at radius 1 is 1.00 bits per heavy atom. The SMILES string of the molecule is CCN(CCc1ccccc1)CC(=O)Nc1cccc(C(=O)N(C)C)c1. The van der Waals surface area contributed by atoms with Gasteiger partial charge in [0.25, 0.3) is 5.91 Å². The van der Waals surface area contributed by atoms with Crippen LogP contribution in [0.15, 0.2) is 54.6 Å². The lowest BCUT2D eigenvalue weighted by atomic mass is 10.1. The lowest BCUT2D eigenvalue weighted by Crippen LogP contribution is -2.34. The highest BCUT2D eigenvalue weighted by molar-refractivity contribution is 5.97. The van der Waals surface area contributed by atoms with E-state index in [4.69, 9.17) is 0 Å². The molecule has 0 fully saturated rings. The zero-order valence-corrected chi connectivity index (χ0v) is 15.7. The van der Waals surface area contributed by atoms with Gasteiger partial charge in [0.15, 0.2) is 0 Å². The second-order valence-electron chi connectivity index (χ2n) is 6.43. The monoisotopic (exact) mass is 353 g/mol. The van der Waals surface area contributed by atoms with Crippen molar-refractivity contribution in [3.63, 3.8) is 0 Å². The molecule has 0 unspecified atom stereocenters. The van der Waals surface area contributed by atoms with Crippen LogP contribution in [0.4, 0.5) is 5.69 Å². The summed E-state index contributed by atoms with van der Waals surface area (Å²) in [4.78, 5) is 28.0. The minimum absolute atomic E-state index is 0.0747. The normalized spacial score (nSPS) is 10.6. The molecule has 0 radical (unpaired) electrons. The standard InChI is InChI=1S/C21H27N3O2/c1-4-24(14-13-17-9-6-5-7-10-17)16-20(25)22-19-12-8-11-18(15-19)21(26)23(2)3/h5-12,15H,4,13-14,16H2,1-3H3,(H,22,25). The number of anilines is 1. The molecule has 5 heteroatoms. The van der Waals surface area contributed by atoms with E-state index in [1.54, 1.807) is 38.4 Å². The molecule has 0 aliphatic heterocycles. The molecule has 5 nitrogen and oxygen atoms in total. The van der Waals surface area contributed by atoms with E-state index in [2.05, 4.69) is 29.3 Å². The van der Waals surface area contributed by atoms with Crippen LogP contribution in [0.1, 0.15) is 22.8 Å². The van der Waals surface area contributed by atoms with E-state index in [1.807, 2.05) is 18.2 Å². The van der Waals surface area contributed by atoms with Crippen molar-refractivity contribution in [2.24, 2.45) is 0 Å². The molecular formula is C21H27N3O2. The molecule has 1 N–H and O–H groups in total. The number of nitrogens with one attached hydrogen (secondary N) is 1. The number of benzene rings is 2. The van der Waals surface area contributed by atoms with Crippen molar-refractivity contribution < 1.29 is 9.59 Å². The van der Waals surface area contributed by atoms with E-state index < -0.39 is 0 Å². The number of amides is 2. The Bertz CT molecular complexity index is 729. The predicted octanol–water partition coefficient (Wildman–Crippen LogP) is 2.89. The van der Waals surface area contributed by atoms with Crippen LogP contribution < -0.4 is 5.32 Å².